The highest BCUT2D eigenvalue weighted by Gasteiger charge is 2.16. The van der Waals surface area contributed by atoms with Crippen LogP contribution in [0.4, 0.5) is 5.69 Å². The molecule has 0 spiro atoms. The van der Waals surface area contributed by atoms with Crippen molar-refractivity contribution in [2.45, 2.75) is 32.4 Å². The Morgan fingerprint density at radius 2 is 2.37 bits per heavy atom. The lowest BCUT2D eigenvalue weighted by atomic mass is 10.1. The second-order valence-electron chi connectivity index (χ2n) is 4.67. The molecule has 0 aliphatic carbocycles. The number of nitrogens with one attached hydrogen (secondary N) is 2. The molecule has 0 radical (unpaired) electrons. The lowest BCUT2D eigenvalue weighted by molar-refractivity contribution is -0.118. The summed E-state index contributed by atoms with van der Waals surface area (Å²) < 4.78 is 5.31. The van der Waals surface area contributed by atoms with Crippen LogP contribution >= 0.6 is 0 Å². The van der Waals surface area contributed by atoms with Crippen molar-refractivity contribution in [1.82, 2.24) is 5.32 Å². The smallest absolute Gasteiger partial charge is 0.262 e. The molecule has 1 unspecified atom stereocenters. The van der Waals surface area contributed by atoms with Crippen LogP contribution in [0.5, 0.6) is 5.75 Å². The van der Waals surface area contributed by atoms with Gasteiger partial charge in [-0.15, -0.1) is 0 Å². The van der Waals surface area contributed by atoms with Crippen LogP contribution in [0.15, 0.2) is 18.2 Å². The molecule has 3 N–H and O–H groups in total. The van der Waals surface area contributed by atoms with Crippen molar-refractivity contribution >= 4 is 11.6 Å². The van der Waals surface area contributed by atoms with Crippen LogP contribution in [-0.2, 0) is 11.3 Å². The van der Waals surface area contributed by atoms with Crippen molar-refractivity contribution in [2.24, 2.45) is 0 Å². The zero-order valence-electron chi connectivity index (χ0n) is 11.1. The van der Waals surface area contributed by atoms with Crippen LogP contribution in [0.25, 0.3) is 0 Å². The fourth-order valence-corrected chi connectivity index (χ4v) is 2.11. The number of hydrogen-bond donors (Lipinski definition) is 3. The van der Waals surface area contributed by atoms with E-state index in [1.54, 1.807) is 0 Å². The van der Waals surface area contributed by atoms with Gasteiger partial charge in [-0.3, -0.25) is 4.79 Å². The molecular formula is C14H20N2O3. The number of hydrogen-bond acceptors (Lipinski definition) is 4. The number of fused-ring (bicyclic) bond motifs is 1. The van der Waals surface area contributed by atoms with E-state index in [1.165, 1.54) is 0 Å². The minimum Gasteiger partial charge on any atom is -0.482 e. The minimum atomic E-state index is -0.121. The van der Waals surface area contributed by atoms with E-state index in [0.717, 1.165) is 24.1 Å². The van der Waals surface area contributed by atoms with Crippen LogP contribution in [0.2, 0.25) is 0 Å². The summed E-state index contributed by atoms with van der Waals surface area (Å²) in [5, 5.41) is 15.1. The third-order valence-corrected chi connectivity index (χ3v) is 3.24. The van der Waals surface area contributed by atoms with Crippen LogP contribution in [0.3, 0.4) is 0 Å². The van der Waals surface area contributed by atoms with Gasteiger partial charge in [0.25, 0.3) is 5.91 Å². The normalized spacial score (nSPS) is 15.4. The Hall–Kier alpha value is -1.59. The Labute approximate surface area is 113 Å². The van der Waals surface area contributed by atoms with Crippen LogP contribution < -0.4 is 15.4 Å². The zero-order chi connectivity index (χ0) is 13.7. The van der Waals surface area contributed by atoms with E-state index < -0.39 is 0 Å². The molecule has 1 amide bonds. The van der Waals surface area contributed by atoms with E-state index in [9.17, 15) is 4.79 Å². The number of carbonyl (C=O) groups excluding carboxylic acids is 1. The molecule has 1 aliphatic heterocycles. The van der Waals surface area contributed by atoms with Gasteiger partial charge < -0.3 is 20.5 Å². The van der Waals surface area contributed by atoms with Gasteiger partial charge in [-0.05, 0) is 30.5 Å². The highest BCUT2D eigenvalue weighted by atomic mass is 16.5. The number of amides is 1. The van der Waals surface area contributed by atoms with E-state index in [2.05, 4.69) is 17.6 Å². The number of aliphatic hydroxyl groups is 1. The topological polar surface area (TPSA) is 70.6 Å². The molecule has 2 rings (SSSR count). The SMILES string of the molecule is CCC(CCO)NCc1ccc2c(c1)NC(=O)CO2. The monoisotopic (exact) mass is 264 g/mol. The largest absolute Gasteiger partial charge is 0.482 e. The second-order valence-corrected chi connectivity index (χ2v) is 4.67. The zero-order valence-corrected chi connectivity index (χ0v) is 11.1. The third-order valence-electron chi connectivity index (χ3n) is 3.24. The van der Waals surface area contributed by atoms with E-state index >= 15 is 0 Å². The average Bonchev–Trinajstić information content (AvgIpc) is 2.43. The van der Waals surface area contributed by atoms with E-state index in [1.807, 2.05) is 18.2 Å². The maximum absolute atomic E-state index is 11.3. The molecule has 0 saturated carbocycles. The third kappa shape index (κ3) is 3.68. The molecule has 0 fully saturated rings. The Morgan fingerprint density at radius 3 is 3.11 bits per heavy atom. The standard InChI is InChI=1S/C14H20N2O3/c1-2-11(5-6-17)15-8-10-3-4-13-12(7-10)16-14(18)9-19-13/h3-4,7,11,15,17H,2,5-6,8-9H2,1H3,(H,16,18). The number of aliphatic hydroxyl groups excluding tert-OH is 1. The molecule has 104 valence electrons. The number of anilines is 1. The van der Waals surface area contributed by atoms with E-state index in [-0.39, 0.29) is 19.1 Å². The summed E-state index contributed by atoms with van der Waals surface area (Å²) in [6, 6.07) is 6.09. The molecule has 1 atom stereocenters. The van der Waals surface area contributed by atoms with Gasteiger partial charge in [0.1, 0.15) is 5.75 Å². The van der Waals surface area contributed by atoms with E-state index in [0.29, 0.717) is 18.3 Å². The van der Waals surface area contributed by atoms with Gasteiger partial charge in [0.05, 0.1) is 5.69 Å². The predicted molar refractivity (Wildman–Crippen MR) is 73.2 cm³/mol. The Balaban J connectivity index is 1.98. The van der Waals surface area contributed by atoms with Crippen LogP contribution in [-0.4, -0.2) is 30.3 Å². The summed E-state index contributed by atoms with van der Waals surface area (Å²) in [5.41, 5.74) is 1.81. The Morgan fingerprint density at radius 1 is 1.53 bits per heavy atom. The molecule has 0 saturated heterocycles. The quantitative estimate of drug-likeness (QED) is 0.723. The lowest BCUT2D eigenvalue weighted by Crippen LogP contribution is -2.29. The van der Waals surface area contributed by atoms with Crippen molar-refractivity contribution in [3.63, 3.8) is 0 Å². The fraction of sp³-hybridized carbons (Fsp3) is 0.500. The first kappa shape index (κ1) is 13.8. The highest BCUT2D eigenvalue weighted by Crippen LogP contribution is 2.28. The fourth-order valence-electron chi connectivity index (χ4n) is 2.11. The molecule has 0 aromatic heterocycles. The molecular weight excluding hydrogens is 244 g/mol. The number of benzene rings is 1. The van der Waals surface area contributed by atoms with Gasteiger partial charge in [-0.2, -0.15) is 0 Å². The van der Waals surface area contributed by atoms with Crippen molar-refractivity contribution in [2.75, 3.05) is 18.5 Å². The summed E-state index contributed by atoms with van der Waals surface area (Å²) in [4.78, 5) is 11.3. The maximum atomic E-state index is 11.3. The summed E-state index contributed by atoms with van der Waals surface area (Å²) >= 11 is 0. The molecule has 1 aromatic rings. The second kappa shape index (κ2) is 6.54. The summed E-state index contributed by atoms with van der Waals surface area (Å²) in [6.07, 6.45) is 1.73. The van der Waals surface area contributed by atoms with Gasteiger partial charge in [0.15, 0.2) is 6.61 Å². The van der Waals surface area contributed by atoms with Crippen molar-refractivity contribution < 1.29 is 14.6 Å². The van der Waals surface area contributed by atoms with Gasteiger partial charge in [0, 0.05) is 19.2 Å². The summed E-state index contributed by atoms with van der Waals surface area (Å²) in [7, 11) is 0. The van der Waals surface area contributed by atoms with Crippen LogP contribution in [0.1, 0.15) is 25.3 Å². The van der Waals surface area contributed by atoms with Gasteiger partial charge in [-0.1, -0.05) is 13.0 Å². The number of ether oxygens (including phenoxy) is 1. The lowest BCUT2D eigenvalue weighted by Gasteiger charge is -2.20. The summed E-state index contributed by atoms with van der Waals surface area (Å²) in [5.74, 6) is 0.593. The van der Waals surface area contributed by atoms with Gasteiger partial charge in [-0.25, -0.2) is 0 Å². The molecule has 0 bridgehead atoms. The predicted octanol–water partition coefficient (Wildman–Crippen LogP) is 1.27. The number of rotatable bonds is 6. The first-order chi connectivity index (χ1) is 9.22. The van der Waals surface area contributed by atoms with Crippen molar-refractivity contribution in [3.8, 4) is 5.75 Å². The Kier molecular flexibility index (Phi) is 4.76. The molecule has 1 aliphatic rings. The Bertz CT molecular complexity index is 448. The molecule has 1 heterocycles. The van der Waals surface area contributed by atoms with Gasteiger partial charge in [0.2, 0.25) is 0 Å². The maximum Gasteiger partial charge on any atom is 0.262 e. The highest BCUT2D eigenvalue weighted by molar-refractivity contribution is 5.95. The first-order valence-corrected chi connectivity index (χ1v) is 6.62. The first-order valence-electron chi connectivity index (χ1n) is 6.62. The van der Waals surface area contributed by atoms with E-state index in [4.69, 9.17) is 9.84 Å². The van der Waals surface area contributed by atoms with Crippen LogP contribution in [0, 0.1) is 0 Å². The molecule has 1 aromatic carbocycles. The molecule has 5 nitrogen and oxygen atoms in total. The number of carbonyl (C=O) groups is 1. The molecule has 19 heavy (non-hydrogen) atoms. The molecule has 5 heteroatoms. The van der Waals surface area contributed by atoms with Crippen molar-refractivity contribution in [3.05, 3.63) is 23.8 Å². The van der Waals surface area contributed by atoms with Gasteiger partial charge >= 0.3 is 0 Å². The van der Waals surface area contributed by atoms with Crippen molar-refractivity contribution in [1.29, 1.82) is 0 Å². The summed E-state index contributed by atoms with van der Waals surface area (Å²) in [6.45, 7) is 3.08. The average molecular weight is 264 g/mol. The minimum absolute atomic E-state index is 0.0823.